The molecule has 2 heterocycles. The van der Waals surface area contributed by atoms with Crippen LogP contribution in [0.2, 0.25) is 0 Å². The van der Waals surface area contributed by atoms with E-state index < -0.39 is 0 Å². The van der Waals surface area contributed by atoms with Gasteiger partial charge in [-0.3, -0.25) is 4.79 Å². The fourth-order valence-corrected chi connectivity index (χ4v) is 3.16. The number of pyridine rings is 1. The number of aryl methyl sites for hydroxylation is 2. The van der Waals surface area contributed by atoms with Gasteiger partial charge in [-0.25, -0.2) is 4.39 Å². The predicted molar refractivity (Wildman–Crippen MR) is 120 cm³/mol. The number of hydrogen-bond acceptors (Lipinski definition) is 4. The van der Waals surface area contributed by atoms with Gasteiger partial charge in [-0.2, -0.15) is 0 Å². The van der Waals surface area contributed by atoms with Crippen LogP contribution < -0.4 is 0 Å². The van der Waals surface area contributed by atoms with Gasteiger partial charge in [0.2, 0.25) is 0 Å². The van der Waals surface area contributed by atoms with Crippen LogP contribution in [0.1, 0.15) is 25.0 Å². The molecule has 4 aromatic rings. The average molecular weight is 609 g/mol. The summed E-state index contributed by atoms with van der Waals surface area (Å²) in [5.74, 6) is 0.380. The zero-order valence-electron chi connectivity index (χ0n) is 18.2. The molecule has 4 rings (SSSR count). The zero-order chi connectivity index (χ0) is 22.5. The van der Waals surface area contributed by atoms with E-state index in [-0.39, 0.29) is 37.5 Å². The van der Waals surface area contributed by atoms with Gasteiger partial charge in [0.25, 0.3) is 0 Å². The molecule has 6 heteroatoms. The zero-order valence-corrected chi connectivity index (χ0v) is 20.6. The number of ketones is 1. The SMILES string of the molecule is CC(=O)/C=C(/C)O.Cc1[c-]c(-c2cc3oc(-c4ccc(F)cc4)cc3cn2)cc(C)c1.[Ir]. The minimum absolute atomic E-state index is 0. The average Bonchev–Trinajstić information content (AvgIpc) is 3.10. The van der Waals surface area contributed by atoms with Crippen molar-refractivity contribution in [2.45, 2.75) is 27.7 Å². The second-order valence-electron chi connectivity index (χ2n) is 7.38. The van der Waals surface area contributed by atoms with Gasteiger partial charge in [0.15, 0.2) is 5.78 Å². The van der Waals surface area contributed by atoms with Crippen LogP contribution in [-0.2, 0) is 24.9 Å². The van der Waals surface area contributed by atoms with E-state index in [4.69, 9.17) is 9.52 Å². The Morgan fingerprint density at radius 3 is 2.34 bits per heavy atom. The fraction of sp³-hybridized carbons (Fsp3) is 0.154. The molecule has 0 atom stereocenters. The van der Waals surface area contributed by atoms with Crippen molar-refractivity contribution < 1.29 is 38.8 Å². The van der Waals surface area contributed by atoms with Gasteiger partial charge in [0, 0.05) is 43.3 Å². The number of rotatable bonds is 3. The molecule has 2 aromatic heterocycles. The molecule has 0 bridgehead atoms. The molecule has 4 nitrogen and oxygen atoms in total. The van der Waals surface area contributed by atoms with E-state index in [0.29, 0.717) is 5.76 Å². The second kappa shape index (κ2) is 11.0. The third kappa shape index (κ3) is 6.71. The van der Waals surface area contributed by atoms with Crippen molar-refractivity contribution in [2.75, 3.05) is 0 Å². The summed E-state index contributed by atoms with van der Waals surface area (Å²) < 4.78 is 19.0. The molecule has 0 spiro atoms. The standard InChI is InChI=1S/C21H15FNO.C5H8O2.Ir/c1-13-7-14(2)9-16(8-13)19-11-21-17(12-23-19)10-20(24-21)15-3-5-18(22)6-4-15;1-4(6)3-5(2)7;/h3-8,10-12H,1-2H3;3,6H,1-2H3;/q-1;;/b;4-3-;. The van der Waals surface area contributed by atoms with Crippen LogP contribution >= 0.6 is 0 Å². The Morgan fingerprint density at radius 1 is 1.09 bits per heavy atom. The van der Waals surface area contributed by atoms with Gasteiger partial charge in [0.1, 0.15) is 17.2 Å². The number of aliphatic hydroxyl groups is 1. The molecule has 1 N–H and O–H groups in total. The Bertz CT molecular complexity index is 1240. The summed E-state index contributed by atoms with van der Waals surface area (Å²) in [5, 5.41) is 9.28. The van der Waals surface area contributed by atoms with Gasteiger partial charge >= 0.3 is 0 Å². The maximum Gasteiger partial charge on any atom is 0.155 e. The van der Waals surface area contributed by atoms with Crippen LogP contribution in [0.3, 0.4) is 0 Å². The topological polar surface area (TPSA) is 63.3 Å². The van der Waals surface area contributed by atoms with Crippen LogP contribution in [0.4, 0.5) is 4.39 Å². The summed E-state index contributed by atoms with van der Waals surface area (Å²) in [6.07, 6.45) is 2.96. The Labute approximate surface area is 200 Å². The molecular weight excluding hydrogens is 586 g/mol. The Balaban J connectivity index is 0.000000398. The van der Waals surface area contributed by atoms with Crippen LogP contribution in [0.25, 0.3) is 33.6 Å². The van der Waals surface area contributed by atoms with Gasteiger partial charge in [0.05, 0.1) is 5.76 Å². The molecule has 0 aliphatic rings. The van der Waals surface area contributed by atoms with Crippen molar-refractivity contribution in [3.63, 3.8) is 0 Å². The first kappa shape index (κ1) is 25.2. The van der Waals surface area contributed by atoms with E-state index in [0.717, 1.165) is 33.4 Å². The minimum atomic E-state index is -0.260. The van der Waals surface area contributed by atoms with Crippen LogP contribution in [-0.4, -0.2) is 15.9 Å². The van der Waals surface area contributed by atoms with Crippen LogP contribution in [0.15, 0.2) is 71.0 Å². The Morgan fingerprint density at radius 2 is 1.78 bits per heavy atom. The van der Waals surface area contributed by atoms with Crippen molar-refractivity contribution in [1.82, 2.24) is 4.98 Å². The van der Waals surface area contributed by atoms with Gasteiger partial charge < -0.3 is 14.5 Å². The van der Waals surface area contributed by atoms with Crippen molar-refractivity contribution in [3.05, 3.63) is 89.6 Å². The normalized spacial score (nSPS) is 10.8. The van der Waals surface area contributed by atoms with E-state index in [1.54, 1.807) is 18.3 Å². The predicted octanol–water partition coefficient (Wildman–Crippen LogP) is 6.75. The summed E-state index contributed by atoms with van der Waals surface area (Å²) in [6.45, 7) is 6.93. The second-order valence-corrected chi connectivity index (χ2v) is 7.38. The van der Waals surface area contributed by atoms with Crippen molar-refractivity contribution in [1.29, 1.82) is 0 Å². The first-order chi connectivity index (χ1) is 14.7. The number of allylic oxidation sites excluding steroid dienone is 2. The van der Waals surface area contributed by atoms with Crippen LogP contribution in [0.5, 0.6) is 0 Å². The number of carbonyl (C=O) groups is 1. The van der Waals surface area contributed by atoms with E-state index >= 15 is 0 Å². The molecule has 0 unspecified atom stereocenters. The van der Waals surface area contributed by atoms with Crippen molar-refractivity contribution in [3.8, 4) is 22.6 Å². The number of halogens is 1. The number of aromatic nitrogens is 1. The van der Waals surface area contributed by atoms with Crippen molar-refractivity contribution >= 4 is 16.8 Å². The molecule has 0 saturated heterocycles. The third-order valence-corrected chi connectivity index (χ3v) is 4.37. The third-order valence-electron chi connectivity index (χ3n) is 4.37. The van der Waals surface area contributed by atoms with E-state index in [1.807, 2.05) is 19.1 Å². The summed E-state index contributed by atoms with van der Waals surface area (Å²) >= 11 is 0. The minimum Gasteiger partial charge on any atom is -0.512 e. The van der Waals surface area contributed by atoms with E-state index in [9.17, 15) is 9.18 Å². The Kier molecular flexibility index (Phi) is 8.64. The number of hydrogen-bond donors (Lipinski definition) is 1. The molecule has 32 heavy (non-hydrogen) atoms. The van der Waals surface area contributed by atoms with Crippen molar-refractivity contribution in [2.24, 2.45) is 0 Å². The summed E-state index contributed by atoms with van der Waals surface area (Å²) in [7, 11) is 0. The number of benzene rings is 2. The van der Waals surface area contributed by atoms with Crippen LogP contribution in [0, 0.1) is 25.7 Å². The first-order valence-corrected chi connectivity index (χ1v) is 9.75. The molecule has 0 aliphatic carbocycles. The van der Waals surface area contributed by atoms with Gasteiger partial charge in [-0.1, -0.05) is 13.8 Å². The van der Waals surface area contributed by atoms with E-state index in [1.165, 1.54) is 37.6 Å². The first-order valence-electron chi connectivity index (χ1n) is 9.75. The molecule has 0 aliphatic heterocycles. The molecular formula is C26H23FIrNO3-. The Hall–Kier alpha value is -3.08. The summed E-state index contributed by atoms with van der Waals surface area (Å²) in [4.78, 5) is 14.5. The summed E-state index contributed by atoms with van der Waals surface area (Å²) in [6, 6.07) is 17.6. The number of furan rings is 1. The maximum atomic E-state index is 13.1. The van der Waals surface area contributed by atoms with Gasteiger partial charge in [-0.15, -0.1) is 34.9 Å². The number of nitrogens with zero attached hydrogens (tertiary/aromatic N) is 1. The monoisotopic (exact) mass is 609 g/mol. The molecule has 167 valence electrons. The van der Waals surface area contributed by atoms with E-state index in [2.05, 4.69) is 30.1 Å². The summed E-state index contributed by atoms with van der Waals surface area (Å²) in [5.41, 5.74) is 5.63. The fourth-order valence-electron chi connectivity index (χ4n) is 3.16. The molecule has 1 radical (unpaired) electrons. The molecule has 0 amide bonds. The largest absolute Gasteiger partial charge is 0.512 e. The molecule has 0 fully saturated rings. The number of fused-ring (bicyclic) bond motifs is 1. The molecule has 2 aromatic carbocycles. The number of carbonyl (C=O) groups excluding carboxylic acids is 1. The number of aliphatic hydroxyl groups excluding tert-OH is 1. The van der Waals surface area contributed by atoms with Gasteiger partial charge in [-0.05, 0) is 55.9 Å². The molecule has 0 saturated carbocycles. The maximum absolute atomic E-state index is 13.1. The smallest absolute Gasteiger partial charge is 0.155 e. The quantitative estimate of drug-likeness (QED) is 0.159.